The molecule has 0 spiro atoms. The van der Waals surface area contributed by atoms with Gasteiger partial charge in [0.25, 0.3) is 0 Å². The minimum absolute atomic E-state index is 0.210. The summed E-state index contributed by atoms with van der Waals surface area (Å²) in [7, 11) is 1.77. The monoisotopic (exact) mass is 440 g/mol. The van der Waals surface area contributed by atoms with E-state index in [1.807, 2.05) is 6.07 Å². The standard InChI is InChI=1S/C25H32N2O3S/c1-3-4-5-6-7-11-17-26-22(28)16-19-31-25(23(29)20-13-9-8-10-14-20)24(30)21-15-12-18-27(21)2/h8-10,12-16,18-19,25H,3-7,11,17H2,1-2H3,(H,26,28)/b19-16-. The van der Waals surface area contributed by atoms with E-state index in [9.17, 15) is 14.4 Å². The summed E-state index contributed by atoms with van der Waals surface area (Å²) in [6, 6.07) is 12.2. The second-order valence-corrected chi connectivity index (χ2v) is 8.49. The number of rotatable bonds is 14. The average molecular weight is 441 g/mol. The summed E-state index contributed by atoms with van der Waals surface area (Å²) in [5.74, 6) is -0.754. The molecule has 0 saturated heterocycles. The minimum Gasteiger partial charge on any atom is -0.353 e. The molecule has 1 N–H and O–H groups in total. The van der Waals surface area contributed by atoms with Crippen LogP contribution in [0.2, 0.25) is 0 Å². The molecular weight excluding hydrogens is 408 g/mol. The van der Waals surface area contributed by atoms with Crippen LogP contribution in [0.3, 0.4) is 0 Å². The maximum Gasteiger partial charge on any atom is 0.244 e. The molecule has 6 heteroatoms. The van der Waals surface area contributed by atoms with Crippen LogP contribution in [-0.2, 0) is 11.8 Å². The number of unbranched alkanes of at least 4 members (excludes halogenated alkanes) is 5. The Morgan fingerprint density at radius 1 is 0.968 bits per heavy atom. The van der Waals surface area contributed by atoms with Crippen LogP contribution >= 0.6 is 11.8 Å². The quantitative estimate of drug-likeness (QED) is 0.190. The summed E-state index contributed by atoms with van der Waals surface area (Å²) < 4.78 is 1.70. The zero-order valence-electron chi connectivity index (χ0n) is 18.4. The van der Waals surface area contributed by atoms with Crippen molar-refractivity contribution in [3.8, 4) is 0 Å². The average Bonchev–Trinajstić information content (AvgIpc) is 3.21. The van der Waals surface area contributed by atoms with Crippen LogP contribution in [0.4, 0.5) is 0 Å². The molecule has 1 heterocycles. The van der Waals surface area contributed by atoms with Gasteiger partial charge in [0, 0.05) is 31.4 Å². The molecule has 1 aromatic carbocycles. The van der Waals surface area contributed by atoms with Gasteiger partial charge in [0.1, 0.15) is 5.25 Å². The van der Waals surface area contributed by atoms with E-state index in [4.69, 9.17) is 0 Å². The topological polar surface area (TPSA) is 68.2 Å². The lowest BCUT2D eigenvalue weighted by Gasteiger charge is -2.13. The lowest BCUT2D eigenvalue weighted by Crippen LogP contribution is -2.28. The van der Waals surface area contributed by atoms with Gasteiger partial charge < -0.3 is 9.88 Å². The van der Waals surface area contributed by atoms with E-state index in [0.717, 1.165) is 24.6 Å². The number of aryl methyl sites for hydroxylation is 1. The molecule has 1 unspecified atom stereocenters. The second-order valence-electron chi connectivity index (χ2n) is 7.48. The zero-order valence-corrected chi connectivity index (χ0v) is 19.2. The van der Waals surface area contributed by atoms with Gasteiger partial charge in [-0.1, -0.05) is 69.4 Å². The molecule has 0 fully saturated rings. The Balaban J connectivity index is 1.93. The Morgan fingerprint density at radius 2 is 1.68 bits per heavy atom. The van der Waals surface area contributed by atoms with Crippen LogP contribution in [0, 0.1) is 0 Å². The van der Waals surface area contributed by atoms with Crippen molar-refractivity contribution in [2.75, 3.05) is 6.54 Å². The van der Waals surface area contributed by atoms with E-state index in [1.165, 1.54) is 31.8 Å². The number of carbonyl (C=O) groups is 3. The number of nitrogens with one attached hydrogen (secondary N) is 1. The Bertz CT molecular complexity index is 874. The molecule has 0 aliphatic rings. The van der Waals surface area contributed by atoms with E-state index < -0.39 is 5.25 Å². The summed E-state index contributed by atoms with van der Waals surface area (Å²) in [4.78, 5) is 38.1. The van der Waals surface area contributed by atoms with E-state index in [0.29, 0.717) is 17.8 Å². The Labute approximate surface area is 189 Å². The van der Waals surface area contributed by atoms with E-state index in [1.54, 1.807) is 59.6 Å². The number of carbonyl (C=O) groups excluding carboxylic acids is 3. The molecule has 0 saturated carbocycles. The predicted molar refractivity (Wildman–Crippen MR) is 127 cm³/mol. The number of hydrogen-bond donors (Lipinski definition) is 1. The molecule has 1 amide bonds. The summed E-state index contributed by atoms with van der Waals surface area (Å²) in [5, 5.41) is 3.46. The first-order valence-electron chi connectivity index (χ1n) is 10.9. The van der Waals surface area contributed by atoms with Gasteiger partial charge in [-0.3, -0.25) is 14.4 Å². The third kappa shape index (κ3) is 8.21. The summed E-state index contributed by atoms with van der Waals surface area (Å²) in [5.41, 5.74) is 0.936. The molecule has 166 valence electrons. The molecule has 2 aromatic rings. The second kappa shape index (κ2) is 13.7. The highest BCUT2D eigenvalue weighted by Gasteiger charge is 2.29. The number of ketones is 2. The Kier molecular flexibility index (Phi) is 10.9. The van der Waals surface area contributed by atoms with Crippen molar-refractivity contribution in [1.29, 1.82) is 0 Å². The van der Waals surface area contributed by atoms with E-state index in [-0.39, 0.29) is 17.5 Å². The highest BCUT2D eigenvalue weighted by molar-refractivity contribution is 8.04. The van der Waals surface area contributed by atoms with Gasteiger partial charge in [-0.15, -0.1) is 11.8 Å². The first-order valence-corrected chi connectivity index (χ1v) is 11.8. The number of nitrogens with zero attached hydrogens (tertiary/aromatic N) is 1. The highest BCUT2D eigenvalue weighted by Crippen LogP contribution is 2.22. The van der Waals surface area contributed by atoms with Crippen LogP contribution in [0.15, 0.2) is 60.1 Å². The summed E-state index contributed by atoms with van der Waals surface area (Å²) in [6.45, 7) is 2.82. The minimum atomic E-state index is -0.946. The molecule has 2 rings (SSSR count). The number of Topliss-reactive ketones (excluding diaryl/α,β-unsaturated/α-hetero) is 2. The lowest BCUT2D eigenvalue weighted by atomic mass is 10.0. The fourth-order valence-corrected chi connectivity index (χ4v) is 4.07. The van der Waals surface area contributed by atoms with Crippen LogP contribution in [-0.4, -0.2) is 33.8 Å². The molecule has 1 aromatic heterocycles. The number of amides is 1. The maximum absolute atomic E-state index is 13.0. The molecule has 0 aliphatic heterocycles. The van der Waals surface area contributed by atoms with Gasteiger partial charge in [-0.25, -0.2) is 0 Å². The molecule has 0 bridgehead atoms. The predicted octanol–water partition coefficient (Wildman–Crippen LogP) is 5.18. The van der Waals surface area contributed by atoms with Gasteiger partial charge in [0.15, 0.2) is 11.6 Å². The van der Waals surface area contributed by atoms with Crippen LogP contribution in [0.1, 0.15) is 66.3 Å². The van der Waals surface area contributed by atoms with Crippen molar-refractivity contribution in [3.63, 3.8) is 0 Å². The largest absolute Gasteiger partial charge is 0.353 e. The van der Waals surface area contributed by atoms with Gasteiger partial charge >= 0.3 is 0 Å². The molecule has 0 aliphatic carbocycles. The van der Waals surface area contributed by atoms with E-state index >= 15 is 0 Å². The number of hydrogen-bond acceptors (Lipinski definition) is 4. The zero-order chi connectivity index (χ0) is 22.5. The third-order valence-electron chi connectivity index (χ3n) is 4.99. The van der Waals surface area contributed by atoms with Crippen LogP contribution in [0.25, 0.3) is 0 Å². The summed E-state index contributed by atoms with van der Waals surface area (Å²) in [6.07, 6.45) is 10.1. The maximum atomic E-state index is 13.0. The van der Waals surface area contributed by atoms with Crippen molar-refractivity contribution in [2.24, 2.45) is 7.05 Å². The van der Waals surface area contributed by atoms with Gasteiger partial charge in [0.05, 0.1) is 5.69 Å². The highest BCUT2D eigenvalue weighted by atomic mass is 32.2. The fourth-order valence-electron chi connectivity index (χ4n) is 3.20. The normalized spacial score (nSPS) is 12.1. The third-order valence-corrected chi connectivity index (χ3v) is 5.99. The van der Waals surface area contributed by atoms with Crippen molar-refractivity contribution >= 4 is 29.2 Å². The van der Waals surface area contributed by atoms with Gasteiger partial charge in [-0.2, -0.15) is 0 Å². The number of benzene rings is 1. The van der Waals surface area contributed by atoms with Crippen molar-refractivity contribution in [1.82, 2.24) is 9.88 Å². The Morgan fingerprint density at radius 3 is 2.35 bits per heavy atom. The van der Waals surface area contributed by atoms with Crippen LogP contribution < -0.4 is 5.32 Å². The van der Waals surface area contributed by atoms with Crippen LogP contribution in [0.5, 0.6) is 0 Å². The number of aromatic nitrogens is 1. The SMILES string of the molecule is CCCCCCCCNC(=O)/C=C\SC(C(=O)c1ccccc1)C(=O)c1cccn1C. The van der Waals surface area contributed by atoms with E-state index in [2.05, 4.69) is 12.2 Å². The molecule has 5 nitrogen and oxygen atoms in total. The molecule has 1 atom stereocenters. The van der Waals surface area contributed by atoms with Gasteiger partial charge in [0.2, 0.25) is 5.91 Å². The van der Waals surface area contributed by atoms with Crippen molar-refractivity contribution < 1.29 is 14.4 Å². The van der Waals surface area contributed by atoms with Gasteiger partial charge in [-0.05, 0) is 24.0 Å². The molecular formula is C25H32N2O3S. The first-order chi connectivity index (χ1) is 15.0. The fraction of sp³-hybridized carbons (Fsp3) is 0.400. The smallest absolute Gasteiger partial charge is 0.244 e. The summed E-state index contributed by atoms with van der Waals surface area (Å²) >= 11 is 1.07. The Hall–Kier alpha value is -2.60. The lowest BCUT2D eigenvalue weighted by molar-refractivity contribution is -0.116. The first kappa shape index (κ1) is 24.7. The van der Waals surface area contributed by atoms with Crippen molar-refractivity contribution in [2.45, 2.75) is 50.7 Å². The number of thioether (sulfide) groups is 1. The molecule has 0 radical (unpaired) electrons. The van der Waals surface area contributed by atoms with Crippen molar-refractivity contribution in [3.05, 3.63) is 71.4 Å². The molecule has 31 heavy (non-hydrogen) atoms.